The second kappa shape index (κ2) is 3.21. The van der Waals surface area contributed by atoms with Crippen molar-refractivity contribution in [3.8, 4) is 0 Å². The summed E-state index contributed by atoms with van der Waals surface area (Å²) in [5.41, 5.74) is 0. The third-order valence-electron chi connectivity index (χ3n) is 1.18. The summed E-state index contributed by atoms with van der Waals surface area (Å²) in [4.78, 5) is 0.358. The maximum atomic E-state index is 11.9. The fourth-order valence-electron chi connectivity index (χ4n) is 0.704. The maximum absolute atomic E-state index is 11.9. The first-order valence-electron chi connectivity index (χ1n) is 2.85. The van der Waals surface area contributed by atoms with Gasteiger partial charge < -0.3 is 10.1 Å². The van der Waals surface area contributed by atoms with Crippen LogP contribution in [0.5, 0.6) is 0 Å². The van der Waals surface area contributed by atoms with Crippen LogP contribution in [-0.2, 0) is 4.74 Å². The Bertz CT molecular complexity index is 142. The van der Waals surface area contributed by atoms with Crippen molar-refractivity contribution >= 4 is 17.2 Å². The molecule has 1 atom stereocenters. The Hall–Kier alpha value is -0.290. The Labute approximate surface area is 62.5 Å². The minimum absolute atomic E-state index is 0.0395. The van der Waals surface area contributed by atoms with Crippen molar-refractivity contribution in [2.75, 3.05) is 13.2 Å². The second-order valence-electron chi connectivity index (χ2n) is 2.02. The standard InChI is InChI=1S/C5H7F2NOS/c6-5(7)3-1-9-2-4(10)8-3/h3,5H,1-2H2,(H,8,10). The third kappa shape index (κ3) is 1.85. The summed E-state index contributed by atoms with van der Waals surface area (Å²) < 4.78 is 28.6. The predicted molar refractivity (Wildman–Crippen MR) is 36.3 cm³/mol. The molecule has 5 heteroatoms. The fraction of sp³-hybridized carbons (Fsp3) is 0.800. The quantitative estimate of drug-likeness (QED) is 0.577. The van der Waals surface area contributed by atoms with Gasteiger partial charge in [-0.15, -0.1) is 0 Å². The summed E-state index contributed by atoms with van der Waals surface area (Å²) in [5, 5.41) is 2.47. The van der Waals surface area contributed by atoms with Gasteiger partial charge in [0.05, 0.1) is 13.2 Å². The van der Waals surface area contributed by atoms with Crippen LogP contribution in [-0.4, -0.2) is 30.7 Å². The molecule has 0 aliphatic carbocycles. The topological polar surface area (TPSA) is 21.3 Å². The highest BCUT2D eigenvalue weighted by Crippen LogP contribution is 2.05. The lowest BCUT2D eigenvalue weighted by molar-refractivity contribution is 0.0368. The molecule has 10 heavy (non-hydrogen) atoms. The number of alkyl halides is 2. The van der Waals surface area contributed by atoms with Gasteiger partial charge in [-0.3, -0.25) is 0 Å². The van der Waals surface area contributed by atoms with Crippen LogP contribution in [0.15, 0.2) is 0 Å². The highest BCUT2D eigenvalue weighted by molar-refractivity contribution is 7.80. The number of thiocarbonyl (C=S) groups is 1. The van der Waals surface area contributed by atoms with Crippen molar-refractivity contribution in [3.05, 3.63) is 0 Å². The molecule has 0 radical (unpaired) electrons. The lowest BCUT2D eigenvalue weighted by Gasteiger charge is -2.24. The average molecular weight is 167 g/mol. The molecule has 0 amide bonds. The van der Waals surface area contributed by atoms with E-state index in [1.165, 1.54) is 0 Å². The van der Waals surface area contributed by atoms with E-state index in [4.69, 9.17) is 4.74 Å². The van der Waals surface area contributed by atoms with E-state index < -0.39 is 12.5 Å². The third-order valence-corrected chi connectivity index (χ3v) is 1.42. The molecule has 58 valence electrons. The molecule has 0 bridgehead atoms. The number of ether oxygens (including phenoxy) is 1. The van der Waals surface area contributed by atoms with Crippen molar-refractivity contribution in [3.63, 3.8) is 0 Å². The summed E-state index contributed by atoms with van der Waals surface area (Å²) >= 11 is 4.63. The predicted octanol–water partition coefficient (Wildman–Crippen LogP) is 0.567. The van der Waals surface area contributed by atoms with Gasteiger partial charge in [-0.25, -0.2) is 8.78 Å². The van der Waals surface area contributed by atoms with Crippen LogP contribution in [0.4, 0.5) is 8.78 Å². The molecule has 1 aliphatic heterocycles. The molecule has 1 rings (SSSR count). The summed E-state index contributed by atoms with van der Waals surface area (Å²) in [5.74, 6) is 0. The number of nitrogens with one attached hydrogen (secondary N) is 1. The van der Waals surface area contributed by atoms with Crippen LogP contribution in [0.3, 0.4) is 0 Å². The summed E-state index contributed by atoms with van der Waals surface area (Å²) in [6.07, 6.45) is -2.40. The molecule has 0 aromatic rings. The summed E-state index contributed by atoms with van der Waals surface area (Å²) in [6, 6.07) is -0.916. The van der Waals surface area contributed by atoms with Gasteiger partial charge in [0.1, 0.15) is 11.0 Å². The molecule has 1 fully saturated rings. The van der Waals surface area contributed by atoms with E-state index in [2.05, 4.69) is 17.5 Å². The van der Waals surface area contributed by atoms with Crippen LogP contribution >= 0.6 is 12.2 Å². The highest BCUT2D eigenvalue weighted by atomic mass is 32.1. The Kier molecular flexibility index (Phi) is 2.50. The molecular formula is C5H7F2NOS. The van der Waals surface area contributed by atoms with Gasteiger partial charge in [0.2, 0.25) is 0 Å². The van der Waals surface area contributed by atoms with Crippen molar-refractivity contribution < 1.29 is 13.5 Å². The molecular weight excluding hydrogens is 160 g/mol. The lowest BCUT2D eigenvalue weighted by atomic mass is 10.3. The second-order valence-corrected chi connectivity index (χ2v) is 2.52. The van der Waals surface area contributed by atoms with Gasteiger partial charge in [0.15, 0.2) is 0 Å². The average Bonchev–Trinajstić information content (AvgIpc) is 1.88. The first-order chi connectivity index (χ1) is 4.70. The van der Waals surface area contributed by atoms with Crippen molar-refractivity contribution in [2.24, 2.45) is 0 Å². The van der Waals surface area contributed by atoms with Crippen molar-refractivity contribution in [1.29, 1.82) is 0 Å². The first-order valence-corrected chi connectivity index (χ1v) is 3.26. The van der Waals surface area contributed by atoms with E-state index >= 15 is 0 Å². The molecule has 0 spiro atoms. The van der Waals surface area contributed by atoms with E-state index in [1.807, 2.05) is 0 Å². The number of halogens is 2. The van der Waals surface area contributed by atoms with E-state index in [0.29, 0.717) is 4.99 Å². The van der Waals surface area contributed by atoms with Crippen LogP contribution in [0.2, 0.25) is 0 Å². The maximum Gasteiger partial charge on any atom is 0.260 e. The number of hydrogen-bond donors (Lipinski definition) is 1. The highest BCUT2D eigenvalue weighted by Gasteiger charge is 2.24. The molecule has 1 unspecified atom stereocenters. The zero-order valence-electron chi connectivity index (χ0n) is 5.14. The summed E-state index contributed by atoms with van der Waals surface area (Å²) in [7, 11) is 0. The van der Waals surface area contributed by atoms with Gasteiger partial charge in [-0.05, 0) is 0 Å². The van der Waals surface area contributed by atoms with E-state index in [-0.39, 0.29) is 13.2 Å². The molecule has 0 saturated carbocycles. The first kappa shape index (κ1) is 7.81. The largest absolute Gasteiger partial charge is 0.372 e. The van der Waals surface area contributed by atoms with Gasteiger partial charge >= 0.3 is 0 Å². The van der Waals surface area contributed by atoms with Gasteiger partial charge in [0.25, 0.3) is 6.43 Å². The zero-order chi connectivity index (χ0) is 7.56. The van der Waals surface area contributed by atoms with Crippen LogP contribution < -0.4 is 5.32 Å². The van der Waals surface area contributed by atoms with Gasteiger partial charge in [-0.2, -0.15) is 0 Å². The Balaban J connectivity index is 2.39. The summed E-state index contributed by atoms with van der Waals surface area (Å²) in [6.45, 7) is 0.302. The van der Waals surface area contributed by atoms with Crippen LogP contribution in [0, 0.1) is 0 Å². The number of hydrogen-bond acceptors (Lipinski definition) is 2. The normalized spacial score (nSPS) is 26.7. The van der Waals surface area contributed by atoms with Crippen molar-refractivity contribution in [2.45, 2.75) is 12.5 Å². The van der Waals surface area contributed by atoms with E-state index in [9.17, 15) is 8.78 Å². The Morgan fingerprint density at radius 2 is 2.40 bits per heavy atom. The minimum Gasteiger partial charge on any atom is -0.372 e. The molecule has 2 nitrogen and oxygen atoms in total. The molecule has 1 saturated heterocycles. The Morgan fingerprint density at radius 3 is 2.80 bits per heavy atom. The van der Waals surface area contributed by atoms with Gasteiger partial charge in [-0.1, -0.05) is 12.2 Å². The molecule has 1 N–H and O–H groups in total. The van der Waals surface area contributed by atoms with Crippen LogP contribution in [0.25, 0.3) is 0 Å². The van der Waals surface area contributed by atoms with Gasteiger partial charge in [0, 0.05) is 0 Å². The molecule has 1 aliphatic rings. The number of rotatable bonds is 1. The number of morpholine rings is 1. The van der Waals surface area contributed by atoms with Crippen molar-refractivity contribution in [1.82, 2.24) is 5.32 Å². The smallest absolute Gasteiger partial charge is 0.260 e. The SMILES string of the molecule is FC(F)C1COCC(=S)N1. The Morgan fingerprint density at radius 1 is 1.70 bits per heavy atom. The molecule has 1 heterocycles. The minimum atomic E-state index is -2.40. The fourth-order valence-corrected chi connectivity index (χ4v) is 0.939. The van der Waals surface area contributed by atoms with E-state index in [1.54, 1.807) is 0 Å². The molecule has 0 aromatic carbocycles. The van der Waals surface area contributed by atoms with Crippen LogP contribution in [0.1, 0.15) is 0 Å². The molecule has 0 aromatic heterocycles. The van der Waals surface area contributed by atoms with E-state index in [0.717, 1.165) is 0 Å². The lowest BCUT2D eigenvalue weighted by Crippen LogP contribution is -2.48. The monoisotopic (exact) mass is 167 g/mol. The zero-order valence-corrected chi connectivity index (χ0v) is 5.96.